The lowest BCUT2D eigenvalue weighted by atomic mass is 9.44. The molecule has 1 N–H and O–H groups in total. The van der Waals surface area contributed by atoms with Crippen LogP contribution in [0.2, 0.25) is 0 Å². The van der Waals surface area contributed by atoms with Crippen molar-refractivity contribution in [1.29, 1.82) is 0 Å². The third kappa shape index (κ3) is 2.88. The number of methoxy groups -OCH3 is 1. The van der Waals surface area contributed by atoms with Gasteiger partial charge in [-0.3, -0.25) is 9.59 Å². The first-order chi connectivity index (χ1) is 17.4. The van der Waals surface area contributed by atoms with Gasteiger partial charge in [-0.05, 0) is 60.7 Å². The highest BCUT2D eigenvalue weighted by Crippen LogP contribution is 2.73. The number of fused-ring (bicyclic) bond motifs is 5. The Balaban J connectivity index is 1.61. The number of halogens is 2. The van der Waals surface area contributed by atoms with Gasteiger partial charge in [-0.15, -0.1) is 0 Å². The molecule has 4 saturated carbocycles. The Hall–Kier alpha value is -2.09. The van der Waals surface area contributed by atoms with Crippen LogP contribution in [0.5, 0.6) is 0 Å². The van der Waals surface area contributed by atoms with Crippen LogP contribution in [0.15, 0.2) is 23.8 Å². The summed E-state index contributed by atoms with van der Waals surface area (Å²) >= 11 is 0. The second kappa shape index (κ2) is 7.76. The quantitative estimate of drug-likeness (QED) is 0.529. The summed E-state index contributed by atoms with van der Waals surface area (Å²) in [6.07, 6.45) is 0.457. The van der Waals surface area contributed by atoms with Gasteiger partial charge in [-0.2, -0.15) is 0 Å². The lowest BCUT2D eigenvalue weighted by Gasteiger charge is -2.63. The van der Waals surface area contributed by atoms with E-state index in [2.05, 4.69) is 0 Å². The molecule has 0 aromatic heterocycles. The lowest BCUT2D eigenvalue weighted by Crippen LogP contribution is -2.71. The van der Waals surface area contributed by atoms with Gasteiger partial charge in [0, 0.05) is 22.7 Å². The SMILES string of the molecule is COC(=O)[C@@]1(OC(=O)C2C(C)(C)C2(C)C)[C@H](C)C[C@H]2[C@@H]3C[C@H](F)C4=CC(=O)C=C[C@]4(C)[C@@]3(F)[C@@H](O)C[C@@]21C. The monoisotopic (exact) mass is 534 g/mol. The van der Waals surface area contributed by atoms with Crippen LogP contribution >= 0.6 is 0 Å². The summed E-state index contributed by atoms with van der Waals surface area (Å²) in [6.45, 7) is 13.0. The molecule has 0 saturated heterocycles. The minimum atomic E-state index is -2.28. The number of hydrogen-bond acceptors (Lipinski definition) is 6. The molecule has 8 heteroatoms. The molecule has 0 aromatic carbocycles. The second-order valence-electron chi connectivity index (χ2n) is 14.0. The highest BCUT2D eigenvalue weighted by atomic mass is 19.1. The van der Waals surface area contributed by atoms with E-state index in [1.54, 1.807) is 13.8 Å². The molecule has 0 heterocycles. The third-order valence-electron chi connectivity index (χ3n) is 12.2. The Labute approximate surface area is 223 Å². The molecular weight excluding hydrogens is 494 g/mol. The molecular formula is C30H40F2O6. The number of carbonyl (C=O) groups is 3. The summed E-state index contributed by atoms with van der Waals surface area (Å²) in [5.41, 5.74) is -7.40. The smallest absolute Gasteiger partial charge is 0.351 e. The first kappa shape index (κ1) is 27.5. The minimum Gasteiger partial charge on any atom is -0.466 e. The maximum absolute atomic E-state index is 17.5. The fraction of sp³-hybridized carbons (Fsp3) is 0.767. The summed E-state index contributed by atoms with van der Waals surface area (Å²) in [5, 5.41) is 11.6. The first-order valence-corrected chi connectivity index (χ1v) is 13.7. The van der Waals surface area contributed by atoms with Crippen LogP contribution in [0, 0.1) is 45.3 Å². The number of esters is 2. The van der Waals surface area contributed by atoms with Gasteiger partial charge in [0.05, 0.1) is 19.1 Å². The lowest BCUT2D eigenvalue weighted by molar-refractivity contribution is -0.239. The number of allylic oxidation sites excluding steroid dienone is 4. The normalized spacial score (nSPS) is 48.3. The molecule has 0 bridgehead atoms. The highest BCUT2D eigenvalue weighted by Gasteiger charge is 2.80. The van der Waals surface area contributed by atoms with Gasteiger partial charge in [-0.1, -0.05) is 47.6 Å². The summed E-state index contributed by atoms with van der Waals surface area (Å²) in [7, 11) is 1.23. The maximum Gasteiger partial charge on any atom is 0.351 e. The molecule has 5 rings (SSSR count). The Bertz CT molecular complexity index is 1160. The van der Waals surface area contributed by atoms with Crippen LogP contribution in [-0.4, -0.2) is 53.5 Å². The van der Waals surface area contributed by atoms with Crippen LogP contribution < -0.4 is 0 Å². The van der Waals surface area contributed by atoms with E-state index in [4.69, 9.17) is 9.47 Å². The molecule has 9 atom stereocenters. The number of carbonyl (C=O) groups excluding carboxylic acids is 3. The van der Waals surface area contributed by atoms with E-state index >= 15 is 8.78 Å². The van der Waals surface area contributed by atoms with Crippen LogP contribution in [0.3, 0.4) is 0 Å². The summed E-state index contributed by atoms with van der Waals surface area (Å²) in [4.78, 5) is 39.4. The van der Waals surface area contributed by atoms with Gasteiger partial charge in [0.25, 0.3) is 0 Å². The molecule has 0 amide bonds. The summed E-state index contributed by atoms with van der Waals surface area (Å²) in [5.74, 6) is -4.21. The van der Waals surface area contributed by atoms with Crippen LogP contribution in [0.4, 0.5) is 8.78 Å². The van der Waals surface area contributed by atoms with E-state index in [1.807, 2.05) is 27.7 Å². The Morgan fingerprint density at radius 1 is 1.05 bits per heavy atom. The zero-order chi connectivity index (χ0) is 28.4. The van der Waals surface area contributed by atoms with Gasteiger partial charge < -0.3 is 14.6 Å². The zero-order valence-electron chi connectivity index (χ0n) is 23.6. The first-order valence-electron chi connectivity index (χ1n) is 13.7. The van der Waals surface area contributed by atoms with Crippen molar-refractivity contribution in [2.45, 2.75) is 91.3 Å². The van der Waals surface area contributed by atoms with Crippen molar-refractivity contribution in [1.82, 2.24) is 0 Å². The predicted octanol–water partition coefficient (Wildman–Crippen LogP) is 4.69. The van der Waals surface area contributed by atoms with Crippen molar-refractivity contribution in [2.24, 2.45) is 45.3 Å². The minimum absolute atomic E-state index is 0.0429. The van der Waals surface area contributed by atoms with Crippen molar-refractivity contribution in [3.8, 4) is 0 Å². The number of rotatable bonds is 3. The molecule has 0 radical (unpaired) electrons. The Morgan fingerprint density at radius 2 is 1.66 bits per heavy atom. The van der Waals surface area contributed by atoms with Crippen molar-refractivity contribution in [3.05, 3.63) is 23.8 Å². The van der Waals surface area contributed by atoms with E-state index in [0.717, 1.165) is 6.08 Å². The highest BCUT2D eigenvalue weighted by molar-refractivity contribution is 6.01. The Morgan fingerprint density at radius 3 is 2.21 bits per heavy atom. The number of aliphatic hydroxyl groups is 1. The number of hydrogen-bond donors (Lipinski definition) is 1. The van der Waals surface area contributed by atoms with Gasteiger partial charge in [0.1, 0.15) is 6.17 Å². The molecule has 4 fully saturated rings. The molecule has 5 aliphatic carbocycles. The molecule has 0 aromatic rings. The summed E-state index contributed by atoms with van der Waals surface area (Å²) < 4.78 is 44.7. The van der Waals surface area contributed by atoms with Gasteiger partial charge >= 0.3 is 11.9 Å². The van der Waals surface area contributed by atoms with Crippen molar-refractivity contribution in [3.63, 3.8) is 0 Å². The van der Waals surface area contributed by atoms with Gasteiger partial charge in [-0.25, -0.2) is 13.6 Å². The predicted molar refractivity (Wildman–Crippen MR) is 135 cm³/mol. The van der Waals surface area contributed by atoms with Crippen LogP contribution in [-0.2, 0) is 23.9 Å². The molecule has 0 unspecified atom stereocenters. The van der Waals surface area contributed by atoms with Gasteiger partial charge in [0.2, 0.25) is 5.60 Å². The third-order valence-corrected chi connectivity index (χ3v) is 12.2. The standard InChI is InChI=1S/C30H40F2O6/c1-15-11-17-18-13-20(31)19-12-16(33)9-10-27(19,6)29(18,32)21(34)14-28(17,7)30(15,24(36)37-8)38-23(35)22-25(2,3)26(22,4)5/h9-10,12,15,17-18,20-22,34H,11,13-14H2,1-8H3/t15-,17+,18+,20+,21+,27+,28+,29+,30+/m1/s1. The number of ketones is 1. The number of alkyl halides is 2. The largest absolute Gasteiger partial charge is 0.466 e. The molecule has 38 heavy (non-hydrogen) atoms. The number of ether oxygens (including phenoxy) is 2. The summed E-state index contributed by atoms with van der Waals surface area (Å²) in [6, 6.07) is 0. The fourth-order valence-corrected chi connectivity index (χ4v) is 9.37. The Kier molecular flexibility index (Phi) is 5.61. The van der Waals surface area contributed by atoms with Crippen molar-refractivity contribution in [2.75, 3.05) is 7.11 Å². The maximum atomic E-state index is 17.5. The molecule has 5 aliphatic rings. The number of aliphatic hydroxyl groups excluding tert-OH is 1. The van der Waals surface area contributed by atoms with E-state index in [1.165, 1.54) is 26.2 Å². The molecule has 6 nitrogen and oxygen atoms in total. The van der Waals surface area contributed by atoms with E-state index in [0.29, 0.717) is 6.42 Å². The average Bonchev–Trinajstić information content (AvgIpc) is 3.13. The topological polar surface area (TPSA) is 89.9 Å². The van der Waals surface area contributed by atoms with Crippen LogP contribution in [0.1, 0.15) is 67.7 Å². The van der Waals surface area contributed by atoms with Gasteiger partial charge in [0.15, 0.2) is 11.5 Å². The molecule has 0 spiro atoms. The van der Waals surface area contributed by atoms with E-state index in [-0.39, 0.29) is 29.2 Å². The van der Waals surface area contributed by atoms with Crippen molar-refractivity contribution >= 4 is 17.7 Å². The fourth-order valence-electron chi connectivity index (χ4n) is 9.37. The molecule has 0 aliphatic heterocycles. The average molecular weight is 535 g/mol. The molecule has 210 valence electrons. The zero-order valence-corrected chi connectivity index (χ0v) is 23.6. The second-order valence-corrected chi connectivity index (χ2v) is 14.0. The van der Waals surface area contributed by atoms with E-state index in [9.17, 15) is 19.5 Å². The van der Waals surface area contributed by atoms with E-state index < -0.39 is 75.8 Å². The van der Waals surface area contributed by atoms with Crippen LogP contribution in [0.25, 0.3) is 0 Å². The van der Waals surface area contributed by atoms with Crippen molar-refractivity contribution < 1.29 is 37.7 Å².